The zero-order valence-electron chi connectivity index (χ0n) is 30.2. The molecule has 2 heterocycles. The molecule has 0 saturated carbocycles. The molecular weight excluding hydrogens is 645 g/mol. The molecule has 0 fully saturated rings. The lowest BCUT2D eigenvalue weighted by molar-refractivity contribution is 0.668. The van der Waals surface area contributed by atoms with Gasteiger partial charge in [-0.15, -0.1) is 0 Å². The summed E-state index contributed by atoms with van der Waals surface area (Å²) in [5.74, 6) is 0. The van der Waals surface area contributed by atoms with E-state index in [1.165, 1.54) is 86.7 Å². The van der Waals surface area contributed by atoms with Crippen LogP contribution in [0.3, 0.4) is 0 Å². The van der Waals surface area contributed by atoms with Crippen LogP contribution in [0.2, 0.25) is 0 Å². The number of benzene rings is 6. The highest BCUT2D eigenvalue weighted by atomic mass is 16.3. The smallest absolute Gasteiger partial charge is 0.135 e. The fourth-order valence-corrected chi connectivity index (χ4v) is 8.80. The minimum Gasteiger partial charge on any atom is -0.456 e. The second-order valence-electron chi connectivity index (χ2n) is 14.8. The van der Waals surface area contributed by atoms with Gasteiger partial charge in [0.25, 0.3) is 0 Å². The van der Waals surface area contributed by atoms with E-state index < -0.39 is 0 Å². The Balaban J connectivity index is 1.09. The van der Waals surface area contributed by atoms with Gasteiger partial charge >= 0.3 is 0 Å². The number of anilines is 2. The molecule has 2 aliphatic carbocycles. The van der Waals surface area contributed by atoms with Crippen molar-refractivity contribution in [2.75, 3.05) is 4.90 Å². The summed E-state index contributed by atoms with van der Waals surface area (Å²) in [7, 11) is 0. The molecule has 53 heavy (non-hydrogen) atoms. The molecule has 10 rings (SSSR count). The first-order valence-electron chi connectivity index (χ1n) is 19.1. The Morgan fingerprint density at radius 3 is 2.23 bits per heavy atom. The number of hydrogen-bond donors (Lipinski definition) is 0. The molecule has 0 N–H and O–H groups in total. The van der Waals surface area contributed by atoms with Gasteiger partial charge in [-0.2, -0.15) is 0 Å². The van der Waals surface area contributed by atoms with Gasteiger partial charge in [0.1, 0.15) is 11.2 Å². The van der Waals surface area contributed by atoms with Gasteiger partial charge in [0.05, 0.1) is 5.52 Å². The number of aryl methyl sites for hydroxylation is 1. The number of rotatable bonds is 7. The molecule has 8 aromatic rings. The average Bonchev–Trinajstić information content (AvgIpc) is 3.76. The predicted octanol–water partition coefficient (Wildman–Crippen LogP) is 13.7. The number of fused-ring (bicyclic) bond motifs is 6. The van der Waals surface area contributed by atoms with Crippen LogP contribution >= 0.6 is 0 Å². The molecule has 0 aliphatic heterocycles. The van der Waals surface area contributed by atoms with Crippen molar-refractivity contribution in [3.05, 3.63) is 179 Å². The number of aromatic nitrogens is 1. The van der Waals surface area contributed by atoms with Crippen LogP contribution in [0.4, 0.5) is 11.4 Å². The van der Waals surface area contributed by atoms with E-state index in [0.717, 1.165) is 40.8 Å². The van der Waals surface area contributed by atoms with Gasteiger partial charge in [-0.1, -0.05) is 90.5 Å². The first kappa shape index (κ1) is 31.7. The van der Waals surface area contributed by atoms with Crippen molar-refractivity contribution in [1.82, 2.24) is 4.57 Å². The van der Waals surface area contributed by atoms with Crippen molar-refractivity contribution >= 4 is 50.3 Å². The van der Waals surface area contributed by atoms with Crippen molar-refractivity contribution < 1.29 is 4.42 Å². The van der Waals surface area contributed by atoms with Crippen molar-refractivity contribution in [2.45, 2.75) is 52.0 Å². The summed E-state index contributed by atoms with van der Waals surface area (Å²) >= 11 is 0. The van der Waals surface area contributed by atoms with Gasteiger partial charge in [0.2, 0.25) is 0 Å². The lowest BCUT2D eigenvalue weighted by atomic mass is 9.86. The Hall–Kier alpha value is -6.06. The summed E-state index contributed by atoms with van der Waals surface area (Å²) < 4.78 is 9.10. The van der Waals surface area contributed by atoms with E-state index in [1.807, 2.05) is 0 Å². The van der Waals surface area contributed by atoms with Gasteiger partial charge in [0.15, 0.2) is 0 Å². The molecule has 0 radical (unpaired) electrons. The molecule has 6 aromatic carbocycles. The third-order valence-corrected chi connectivity index (χ3v) is 11.4. The Morgan fingerprint density at radius 1 is 0.623 bits per heavy atom. The highest BCUT2D eigenvalue weighted by Crippen LogP contribution is 2.41. The highest BCUT2D eigenvalue weighted by molar-refractivity contribution is 6.08. The van der Waals surface area contributed by atoms with E-state index in [4.69, 9.17) is 4.42 Å². The first-order valence-corrected chi connectivity index (χ1v) is 19.1. The summed E-state index contributed by atoms with van der Waals surface area (Å²) in [6, 6.07) is 50.5. The predicted molar refractivity (Wildman–Crippen MR) is 222 cm³/mol. The normalized spacial score (nSPS) is 14.4. The third kappa shape index (κ3) is 5.68. The zero-order chi connectivity index (χ0) is 35.3. The van der Waals surface area contributed by atoms with Crippen molar-refractivity contribution in [1.29, 1.82) is 0 Å². The molecule has 0 bridgehead atoms. The minimum absolute atomic E-state index is 0.704. The van der Waals surface area contributed by atoms with Crippen LogP contribution in [0.25, 0.3) is 55.7 Å². The Kier molecular flexibility index (Phi) is 7.87. The van der Waals surface area contributed by atoms with Crippen LogP contribution in [0.5, 0.6) is 0 Å². The monoisotopic (exact) mass is 686 g/mol. The van der Waals surface area contributed by atoms with Crippen molar-refractivity contribution in [2.24, 2.45) is 0 Å². The summed E-state index contributed by atoms with van der Waals surface area (Å²) in [5.41, 5.74) is 17.5. The second kappa shape index (κ2) is 13.2. The lowest BCUT2D eigenvalue weighted by Crippen LogP contribution is -2.16. The first-order chi connectivity index (χ1) is 26.2. The van der Waals surface area contributed by atoms with Crippen LogP contribution in [0, 0.1) is 6.92 Å². The van der Waals surface area contributed by atoms with E-state index in [1.54, 1.807) is 5.57 Å². The molecule has 0 spiro atoms. The van der Waals surface area contributed by atoms with E-state index in [9.17, 15) is 0 Å². The van der Waals surface area contributed by atoms with Crippen LogP contribution in [-0.4, -0.2) is 4.57 Å². The van der Waals surface area contributed by atoms with Gasteiger partial charge in [-0.3, -0.25) is 0 Å². The maximum atomic E-state index is 6.58. The number of allylic oxidation sites excluding steroid dienone is 3. The number of hydrogen-bond acceptors (Lipinski definition) is 2. The Bertz CT molecular complexity index is 2690. The molecule has 0 atom stereocenters. The fraction of sp³-hybridized carbons (Fsp3) is 0.160. The molecule has 3 nitrogen and oxygen atoms in total. The third-order valence-electron chi connectivity index (χ3n) is 11.4. The largest absolute Gasteiger partial charge is 0.456 e. The second-order valence-corrected chi connectivity index (χ2v) is 14.8. The van der Waals surface area contributed by atoms with Crippen LogP contribution in [-0.2, 0) is 13.0 Å². The maximum Gasteiger partial charge on any atom is 0.135 e. The van der Waals surface area contributed by atoms with Gasteiger partial charge in [-0.05, 0) is 140 Å². The maximum absolute atomic E-state index is 6.58. The number of furan rings is 1. The summed E-state index contributed by atoms with van der Waals surface area (Å²) in [6.45, 7) is 2.91. The fourth-order valence-electron chi connectivity index (χ4n) is 8.80. The molecule has 0 unspecified atom stereocenters. The highest BCUT2D eigenvalue weighted by Gasteiger charge is 2.24. The van der Waals surface area contributed by atoms with E-state index >= 15 is 0 Å². The summed E-state index contributed by atoms with van der Waals surface area (Å²) in [6.07, 6.45) is 12.2. The molecule has 3 heteroatoms. The number of para-hydroxylation sites is 1. The molecule has 2 aliphatic rings. The van der Waals surface area contributed by atoms with E-state index in [0.29, 0.717) is 6.54 Å². The van der Waals surface area contributed by atoms with E-state index in [-0.39, 0.29) is 0 Å². The van der Waals surface area contributed by atoms with Crippen LogP contribution < -0.4 is 4.90 Å². The molecule has 2 aromatic heterocycles. The summed E-state index contributed by atoms with van der Waals surface area (Å²) in [5, 5.41) is 3.68. The molecule has 0 saturated heterocycles. The van der Waals surface area contributed by atoms with Crippen molar-refractivity contribution in [3.63, 3.8) is 0 Å². The minimum atomic E-state index is 0.704. The molecular formula is C50H42N2O. The zero-order valence-corrected chi connectivity index (χ0v) is 30.2. The van der Waals surface area contributed by atoms with Crippen LogP contribution in [0.1, 0.15) is 54.5 Å². The standard InChI is InChI=1S/C50H42N2O/c1-34-20-27-46-43(30-34)44-31-38(36-14-7-3-8-15-36)23-28-47(44)52(46)42-26-29-48-45(32-42)50-39(16-11-19-49(50)53-48)33-51(40-17-9-4-10-18-40)41-24-21-37(22-25-41)35-12-5-2-6-13-35/h2,4-6,9-14,16-22,24-27,29-32H,3,7-8,15,23,28,33H2,1H3. The Morgan fingerprint density at radius 2 is 1.42 bits per heavy atom. The van der Waals surface area contributed by atoms with Gasteiger partial charge in [-0.25, -0.2) is 0 Å². The van der Waals surface area contributed by atoms with Crippen molar-refractivity contribution in [3.8, 4) is 16.8 Å². The molecule has 258 valence electrons. The topological polar surface area (TPSA) is 21.3 Å². The van der Waals surface area contributed by atoms with Crippen LogP contribution in [0.15, 0.2) is 161 Å². The Labute approximate surface area is 311 Å². The van der Waals surface area contributed by atoms with E-state index in [2.05, 4.69) is 168 Å². The SMILES string of the molecule is Cc1ccc2c(c1)c1c(n2-c2ccc3oc4cccc(CN(c5ccccc5)c5ccc(-c6ccccc6)cc5)c4c3c2)CCC(C2=CCCCC2)=C1. The van der Waals surface area contributed by atoms with Gasteiger partial charge < -0.3 is 13.9 Å². The average molecular weight is 687 g/mol. The summed E-state index contributed by atoms with van der Waals surface area (Å²) in [4.78, 5) is 2.41. The number of nitrogens with zero attached hydrogens (tertiary/aromatic N) is 2. The molecule has 0 amide bonds. The lowest BCUT2D eigenvalue weighted by Gasteiger charge is -2.26. The quantitative estimate of drug-likeness (QED) is 0.166. The van der Waals surface area contributed by atoms with Gasteiger partial charge in [0, 0.05) is 51.0 Å².